The molecule has 0 saturated heterocycles. The molecule has 0 radical (unpaired) electrons. The van der Waals surface area contributed by atoms with Crippen LogP contribution in [0.25, 0.3) is 121 Å². The number of hydrogen-bond acceptors (Lipinski definition) is 3. The average Bonchev–Trinajstić information content (AvgIpc) is 3.83. The first kappa shape index (κ1) is 34.5. The standard InChI is InChI=1S/C57H35N5/c1-3-16-37(17-4-1)55-58-56(42-28-27-36-15-7-8-18-38(36)29-42)60-57(59-55)43-30-41-21-11-12-24-45(41)51(33-43)62-50-26-14-13-25-46(50)48-34-49-47-31-39-19-9-10-20-40(39)32-52(47)61(53(49)35-54(48)62)44-22-5-2-6-23-44/h1-35H. The first-order valence-electron chi connectivity index (χ1n) is 21.0. The van der Waals surface area contributed by atoms with Gasteiger partial charge in [-0.25, -0.2) is 15.0 Å². The van der Waals surface area contributed by atoms with Gasteiger partial charge in [-0.1, -0.05) is 152 Å². The van der Waals surface area contributed by atoms with Gasteiger partial charge in [0.1, 0.15) is 0 Å². The van der Waals surface area contributed by atoms with E-state index in [0.29, 0.717) is 17.5 Å². The second kappa shape index (κ2) is 13.6. The summed E-state index contributed by atoms with van der Waals surface area (Å²) < 4.78 is 4.88. The van der Waals surface area contributed by atoms with Gasteiger partial charge in [0.05, 0.1) is 27.8 Å². The molecular weight excluding hydrogens is 755 g/mol. The summed E-state index contributed by atoms with van der Waals surface area (Å²) in [4.78, 5) is 15.6. The fraction of sp³-hybridized carbons (Fsp3) is 0. The van der Waals surface area contributed by atoms with Crippen molar-refractivity contribution in [1.29, 1.82) is 0 Å². The van der Waals surface area contributed by atoms with Crippen LogP contribution in [0.2, 0.25) is 0 Å². The van der Waals surface area contributed by atoms with E-state index in [4.69, 9.17) is 15.0 Å². The molecule has 0 spiro atoms. The van der Waals surface area contributed by atoms with Crippen LogP contribution >= 0.6 is 0 Å². The summed E-state index contributed by atoms with van der Waals surface area (Å²) in [7, 11) is 0. The molecule has 0 bridgehead atoms. The van der Waals surface area contributed by atoms with E-state index < -0.39 is 0 Å². The molecule has 0 aliphatic rings. The van der Waals surface area contributed by atoms with Crippen LogP contribution in [0.4, 0.5) is 0 Å². The highest BCUT2D eigenvalue weighted by Gasteiger charge is 2.21. The van der Waals surface area contributed by atoms with Crippen molar-refractivity contribution in [3.05, 3.63) is 212 Å². The highest BCUT2D eigenvalue weighted by Crippen LogP contribution is 2.42. The van der Waals surface area contributed by atoms with Crippen LogP contribution in [0.15, 0.2) is 212 Å². The number of fused-ring (bicyclic) bond motifs is 9. The number of aromatic nitrogens is 5. The molecule has 0 unspecified atom stereocenters. The Kier molecular flexibility index (Phi) is 7.54. The minimum atomic E-state index is 0.619. The minimum absolute atomic E-state index is 0.619. The van der Waals surface area contributed by atoms with E-state index >= 15 is 0 Å². The first-order valence-corrected chi connectivity index (χ1v) is 21.0. The maximum absolute atomic E-state index is 5.26. The Morgan fingerprint density at radius 1 is 0.258 bits per heavy atom. The second-order valence-corrected chi connectivity index (χ2v) is 16.1. The molecule has 0 fully saturated rings. The number of benzene rings is 10. The van der Waals surface area contributed by atoms with E-state index in [2.05, 4.69) is 203 Å². The van der Waals surface area contributed by atoms with Gasteiger partial charge in [0.15, 0.2) is 17.5 Å². The summed E-state index contributed by atoms with van der Waals surface area (Å²) in [5.74, 6) is 1.89. The lowest BCUT2D eigenvalue weighted by molar-refractivity contribution is 1.07. The van der Waals surface area contributed by atoms with Crippen molar-refractivity contribution < 1.29 is 0 Å². The normalized spacial score (nSPS) is 11.9. The molecule has 5 heteroatoms. The molecule has 0 amide bonds. The zero-order chi connectivity index (χ0) is 40.7. The van der Waals surface area contributed by atoms with E-state index in [1.165, 1.54) is 43.2 Å². The van der Waals surface area contributed by atoms with Crippen molar-refractivity contribution in [2.24, 2.45) is 0 Å². The molecule has 62 heavy (non-hydrogen) atoms. The molecule has 0 atom stereocenters. The molecule has 0 saturated carbocycles. The van der Waals surface area contributed by atoms with E-state index in [9.17, 15) is 0 Å². The third kappa shape index (κ3) is 5.38. The van der Waals surface area contributed by atoms with Crippen LogP contribution < -0.4 is 0 Å². The Balaban J connectivity index is 1.10. The molecule has 13 aromatic rings. The zero-order valence-corrected chi connectivity index (χ0v) is 33.4. The Morgan fingerprint density at radius 2 is 0.774 bits per heavy atom. The van der Waals surface area contributed by atoms with Crippen molar-refractivity contribution in [3.8, 4) is 45.5 Å². The van der Waals surface area contributed by atoms with Crippen LogP contribution in [0.1, 0.15) is 0 Å². The topological polar surface area (TPSA) is 48.5 Å². The van der Waals surface area contributed by atoms with Crippen molar-refractivity contribution >= 4 is 75.9 Å². The Hall–Kier alpha value is -8.41. The third-order valence-corrected chi connectivity index (χ3v) is 12.5. The minimum Gasteiger partial charge on any atom is -0.309 e. The van der Waals surface area contributed by atoms with Gasteiger partial charge in [0, 0.05) is 49.3 Å². The molecular formula is C57H35N5. The second-order valence-electron chi connectivity index (χ2n) is 16.1. The Bertz CT molecular complexity index is 3920. The summed E-state index contributed by atoms with van der Waals surface area (Å²) in [6.07, 6.45) is 0. The fourth-order valence-electron chi connectivity index (χ4n) is 9.56. The molecule has 0 N–H and O–H groups in total. The summed E-state index contributed by atoms with van der Waals surface area (Å²) in [6, 6.07) is 75.9. The SMILES string of the molecule is c1ccc(-c2nc(-c3ccc4ccccc4c3)nc(-c3cc(-n4c5ccccc5c5cc6c7cc8ccccc8cc7n(-c7ccccc7)c6cc54)c4ccccc4c3)n2)cc1. The van der Waals surface area contributed by atoms with E-state index in [-0.39, 0.29) is 0 Å². The van der Waals surface area contributed by atoms with E-state index in [1.807, 2.05) is 18.2 Å². The quantitative estimate of drug-likeness (QED) is 0.174. The molecule has 3 aromatic heterocycles. The van der Waals surface area contributed by atoms with Crippen LogP contribution in [-0.4, -0.2) is 24.1 Å². The van der Waals surface area contributed by atoms with Gasteiger partial charge >= 0.3 is 0 Å². The van der Waals surface area contributed by atoms with Gasteiger partial charge in [0.2, 0.25) is 0 Å². The Morgan fingerprint density at radius 3 is 1.55 bits per heavy atom. The van der Waals surface area contributed by atoms with Gasteiger partial charge in [0.25, 0.3) is 0 Å². The third-order valence-electron chi connectivity index (χ3n) is 12.5. The maximum Gasteiger partial charge on any atom is 0.164 e. The zero-order valence-electron chi connectivity index (χ0n) is 33.4. The highest BCUT2D eigenvalue weighted by molar-refractivity contribution is 6.21. The lowest BCUT2D eigenvalue weighted by Crippen LogP contribution is -2.02. The predicted octanol–water partition coefficient (Wildman–Crippen LogP) is 14.5. The van der Waals surface area contributed by atoms with Crippen molar-refractivity contribution in [2.75, 3.05) is 0 Å². The molecule has 5 nitrogen and oxygen atoms in total. The van der Waals surface area contributed by atoms with Gasteiger partial charge in [-0.2, -0.15) is 0 Å². The van der Waals surface area contributed by atoms with Gasteiger partial charge in [-0.15, -0.1) is 0 Å². The monoisotopic (exact) mass is 789 g/mol. The van der Waals surface area contributed by atoms with Crippen LogP contribution in [-0.2, 0) is 0 Å². The molecule has 13 rings (SSSR count). The summed E-state index contributed by atoms with van der Waals surface area (Å²) in [6.45, 7) is 0. The van der Waals surface area contributed by atoms with Gasteiger partial charge < -0.3 is 9.13 Å². The lowest BCUT2D eigenvalue weighted by Gasteiger charge is -2.15. The van der Waals surface area contributed by atoms with E-state index in [1.54, 1.807) is 0 Å². The van der Waals surface area contributed by atoms with Crippen molar-refractivity contribution in [2.45, 2.75) is 0 Å². The Labute approximate surface area is 356 Å². The molecule has 0 aliphatic heterocycles. The number of rotatable bonds is 5. The van der Waals surface area contributed by atoms with Gasteiger partial charge in [-0.05, 0) is 87.6 Å². The average molecular weight is 790 g/mol. The van der Waals surface area contributed by atoms with Crippen LogP contribution in [0.5, 0.6) is 0 Å². The first-order chi connectivity index (χ1) is 30.7. The van der Waals surface area contributed by atoms with Crippen LogP contribution in [0.3, 0.4) is 0 Å². The summed E-state index contributed by atoms with van der Waals surface area (Å²) >= 11 is 0. The predicted molar refractivity (Wildman–Crippen MR) is 257 cm³/mol. The molecule has 3 heterocycles. The summed E-state index contributed by atoms with van der Waals surface area (Å²) in [5.41, 5.74) is 9.59. The summed E-state index contributed by atoms with van der Waals surface area (Å²) in [5, 5.41) is 11.9. The van der Waals surface area contributed by atoms with Crippen LogP contribution in [0, 0.1) is 0 Å². The highest BCUT2D eigenvalue weighted by atomic mass is 15.0. The fourth-order valence-corrected chi connectivity index (χ4v) is 9.56. The van der Waals surface area contributed by atoms with Gasteiger partial charge in [-0.3, -0.25) is 0 Å². The molecule has 0 aliphatic carbocycles. The lowest BCUT2D eigenvalue weighted by atomic mass is 10.0. The molecule has 288 valence electrons. The van der Waals surface area contributed by atoms with E-state index in [0.717, 1.165) is 60.8 Å². The largest absolute Gasteiger partial charge is 0.309 e. The number of hydrogen-bond donors (Lipinski definition) is 0. The maximum atomic E-state index is 5.26. The van der Waals surface area contributed by atoms with Crippen molar-refractivity contribution in [1.82, 2.24) is 24.1 Å². The van der Waals surface area contributed by atoms with Crippen molar-refractivity contribution in [3.63, 3.8) is 0 Å². The smallest absolute Gasteiger partial charge is 0.164 e. The number of para-hydroxylation sites is 2. The molecule has 10 aromatic carbocycles. The number of nitrogens with zero attached hydrogens (tertiary/aromatic N) is 5.